The van der Waals surface area contributed by atoms with Crippen LogP contribution in [0, 0.1) is 33.6 Å². The van der Waals surface area contributed by atoms with Crippen molar-refractivity contribution in [1.29, 1.82) is 0 Å². The van der Waals surface area contributed by atoms with Crippen LogP contribution in [0.5, 0.6) is 11.8 Å². The summed E-state index contributed by atoms with van der Waals surface area (Å²) in [6.07, 6.45) is 0.174. The zero-order chi connectivity index (χ0) is 22.8. The molecule has 1 aromatic heterocycles. The molecule has 0 spiro atoms. The van der Waals surface area contributed by atoms with Crippen molar-refractivity contribution >= 4 is 23.2 Å². The Morgan fingerprint density at radius 1 is 1.00 bits per heavy atom. The van der Waals surface area contributed by atoms with Gasteiger partial charge in [-0.2, -0.15) is 9.97 Å². The maximum atomic E-state index is 13.0. The van der Waals surface area contributed by atoms with E-state index in [0.29, 0.717) is 29.4 Å². The largest absolute Gasteiger partial charge is 0.424 e. The summed E-state index contributed by atoms with van der Waals surface area (Å²) in [6, 6.07) is 15.4. The highest BCUT2D eigenvalue weighted by Crippen LogP contribution is 2.29. The molecule has 3 aromatic rings. The first-order valence-electron chi connectivity index (χ1n) is 10.6. The highest BCUT2D eigenvalue weighted by Gasteiger charge is 2.35. The number of carbonyl (C=O) groups excluding carboxylic acids is 2. The topological polar surface area (TPSA) is 84.4 Å². The summed E-state index contributed by atoms with van der Waals surface area (Å²) in [5.41, 5.74) is 4.86. The summed E-state index contributed by atoms with van der Waals surface area (Å²) >= 11 is 0. The first-order valence-corrected chi connectivity index (χ1v) is 10.6. The molecule has 2 heterocycles. The van der Waals surface area contributed by atoms with Crippen LogP contribution in [0.15, 0.2) is 48.5 Å². The fourth-order valence-corrected chi connectivity index (χ4v) is 3.76. The summed E-state index contributed by atoms with van der Waals surface area (Å²) in [4.78, 5) is 36.0. The lowest BCUT2D eigenvalue weighted by Crippen LogP contribution is -2.28. The Bertz CT molecular complexity index is 1150. The summed E-state index contributed by atoms with van der Waals surface area (Å²) < 4.78 is 5.71. The van der Waals surface area contributed by atoms with Crippen LogP contribution < -0.4 is 15.0 Å². The summed E-state index contributed by atoms with van der Waals surface area (Å²) in [5, 5.41) is 2.93. The molecule has 1 aliphatic heterocycles. The molecule has 4 rings (SSSR count). The molecule has 1 aliphatic rings. The minimum absolute atomic E-state index is 0.0512. The van der Waals surface area contributed by atoms with Gasteiger partial charge in [-0.25, -0.2) is 0 Å². The lowest BCUT2D eigenvalue weighted by molar-refractivity contribution is -0.122. The Balaban J connectivity index is 1.46. The molecule has 1 fully saturated rings. The second-order valence-electron chi connectivity index (χ2n) is 8.13. The fourth-order valence-electron chi connectivity index (χ4n) is 3.76. The average Bonchev–Trinajstić information content (AvgIpc) is 3.15. The van der Waals surface area contributed by atoms with E-state index in [9.17, 15) is 9.59 Å². The van der Waals surface area contributed by atoms with Gasteiger partial charge in [-0.3, -0.25) is 9.59 Å². The van der Waals surface area contributed by atoms with E-state index in [2.05, 4.69) is 15.3 Å². The highest BCUT2D eigenvalue weighted by molar-refractivity contribution is 6.03. The molecule has 2 amide bonds. The van der Waals surface area contributed by atoms with Crippen molar-refractivity contribution in [2.24, 2.45) is 5.92 Å². The molecule has 0 aliphatic carbocycles. The second-order valence-corrected chi connectivity index (χ2v) is 8.13. The van der Waals surface area contributed by atoms with Crippen molar-refractivity contribution in [3.63, 3.8) is 0 Å². The van der Waals surface area contributed by atoms with Crippen LogP contribution >= 0.6 is 0 Å². The van der Waals surface area contributed by atoms with Crippen molar-refractivity contribution in [2.75, 3.05) is 16.8 Å². The van der Waals surface area contributed by atoms with Crippen LogP contribution in [0.4, 0.5) is 11.4 Å². The van der Waals surface area contributed by atoms with E-state index in [4.69, 9.17) is 4.74 Å². The molecule has 0 radical (unpaired) electrons. The summed E-state index contributed by atoms with van der Waals surface area (Å²) in [6.45, 7) is 7.98. The Hall–Kier alpha value is -3.74. The first-order chi connectivity index (χ1) is 15.3. The zero-order valence-corrected chi connectivity index (χ0v) is 18.7. The van der Waals surface area contributed by atoms with Crippen LogP contribution in [0.2, 0.25) is 0 Å². The molecule has 7 nitrogen and oxygen atoms in total. The van der Waals surface area contributed by atoms with Gasteiger partial charge in [0, 0.05) is 18.7 Å². The number of aryl methyl sites for hydroxylation is 4. The molecule has 1 saturated heterocycles. The molecular weight excluding hydrogens is 404 g/mol. The fraction of sp³-hybridized carbons (Fsp3) is 0.280. The van der Waals surface area contributed by atoms with Crippen LogP contribution in [-0.4, -0.2) is 28.3 Å². The van der Waals surface area contributed by atoms with Crippen molar-refractivity contribution in [3.05, 3.63) is 71.0 Å². The predicted octanol–water partition coefficient (Wildman–Crippen LogP) is 4.49. The van der Waals surface area contributed by atoms with E-state index in [-0.39, 0.29) is 24.2 Å². The van der Waals surface area contributed by atoms with E-state index in [1.165, 1.54) is 5.56 Å². The van der Waals surface area contributed by atoms with Gasteiger partial charge in [0.1, 0.15) is 5.75 Å². The standard InChI is InChI=1S/C25H26N4O3/c1-15-10-11-20(12-16(15)2)29-14-19(13-22(29)30)24(31)28-23-17(3)26-25(27-18(23)4)32-21-8-6-5-7-9-21/h5-12,19H,13-14H2,1-4H3,(H,28,31). The number of nitrogens with one attached hydrogen (secondary N) is 1. The normalized spacial score (nSPS) is 15.7. The highest BCUT2D eigenvalue weighted by atomic mass is 16.5. The minimum atomic E-state index is -0.442. The van der Waals surface area contributed by atoms with Crippen molar-refractivity contribution in [2.45, 2.75) is 34.1 Å². The molecule has 0 bridgehead atoms. The zero-order valence-electron chi connectivity index (χ0n) is 18.7. The van der Waals surface area contributed by atoms with Gasteiger partial charge in [-0.15, -0.1) is 0 Å². The van der Waals surface area contributed by atoms with E-state index in [1.807, 2.05) is 62.4 Å². The first kappa shape index (κ1) is 21.5. The number of ether oxygens (including phenoxy) is 1. The quantitative estimate of drug-likeness (QED) is 0.645. The van der Waals surface area contributed by atoms with Gasteiger partial charge in [0.05, 0.1) is 23.0 Å². The van der Waals surface area contributed by atoms with Gasteiger partial charge in [-0.05, 0) is 63.1 Å². The number of anilines is 2. The maximum Gasteiger partial charge on any atom is 0.322 e. The van der Waals surface area contributed by atoms with Crippen molar-refractivity contribution in [3.8, 4) is 11.8 Å². The third-order valence-electron chi connectivity index (χ3n) is 5.75. The van der Waals surface area contributed by atoms with Gasteiger partial charge in [-0.1, -0.05) is 24.3 Å². The molecule has 1 unspecified atom stereocenters. The van der Waals surface area contributed by atoms with E-state index < -0.39 is 5.92 Å². The number of aromatic nitrogens is 2. The van der Waals surface area contributed by atoms with Crippen LogP contribution in [0.25, 0.3) is 0 Å². The van der Waals surface area contributed by atoms with Crippen LogP contribution in [0.3, 0.4) is 0 Å². The number of hydrogen-bond acceptors (Lipinski definition) is 5. The molecule has 7 heteroatoms. The predicted molar refractivity (Wildman–Crippen MR) is 123 cm³/mol. The third kappa shape index (κ3) is 4.46. The lowest BCUT2D eigenvalue weighted by atomic mass is 10.1. The summed E-state index contributed by atoms with van der Waals surface area (Å²) in [5.74, 6) is -0.0666. The van der Waals surface area contributed by atoms with Crippen LogP contribution in [-0.2, 0) is 9.59 Å². The molecule has 1 atom stereocenters. The number of carbonyl (C=O) groups is 2. The number of hydrogen-bond donors (Lipinski definition) is 1. The third-order valence-corrected chi connectivity index (χ3v) is 5.75. The molecular formula is C25H26N4O3. The number of amides is 2. The number of para-hydroxylation sites is 1. The van der Waals surface area contributed by atoms with Gasteiger partial charge < -0.3 is 15.0 Å². The Labute approximate surface area is 187 Å². The number of benzene rings is 2. The van der Waals surface area contributed by atoms with Crippen molar-refractivity contribution in [1.82, 2.24) is 9.97 Å². The molecule has 164 valence electrons. The Morgan fingerprint density at radius 2 is 1.69 bits per heavy atom. The molecule has 0 saturated carbocycles. The molecule has 32 heavy (non-hydrogen) atoms. The minimum Gasteiger partial charge on any atom is -0.424 e. The van der Waals surface area contributed by atoms with Crippen LogP contribution in [0.1, 0.15) is 28.9 Å². The van der Waals surface area contributed by atoms with Gasteiger partial charge in [0.25, 0.3) is 0 Å². The SMILES string of the molecule is Cc1ccc(N2CC(C(=O)Nc3c(C)nc(Oc4ccccc4)nc3C)CC2=O)cc1C. The smallest absolute Gasteiger partial charge is 0.322 e. The van der Waals surface area contributed by atoms with Crippen molar-refractivity contribution < 1.29 is 14.3 Å². The summed E-state index contributed by atoms with van der Waals surface area (Å²) in [7, 11) is 0. The van der Waals surface area contributed by atoms with E-state index in [0.717, 1.165) is 11.3 Å². The van der Waals surface area contributed by atoms with E-state index in [1.54, 1.807) is 18.7 Å². The second kappa shape index (κ2) is 8.78. The van der Waals surface area contributed by atoms with E-state index >= 15 is 0 Å². The Morgan fingerprint density at radius 3 is 2.34 bits per heavy atom. The number of rotatable bonds is 5. The maximum absolute atomic E-state index is 13.0. The monoisotopic (exact) mass is 430 g/mol. The average molecular weight is 431 g/mol. The van der Waals surface area contributed by atoms with Gasteiger partial charge in [0.15, 0.2) is 0 Å². The van der Waals surface area contributed by atoms with Gasteiger partial charge in [0.2, 0.25) is 11.8 Å². The molecule has 2 aromatic carbocycles. The number of nitrogens with zero attached hydrogens (tertiary/aromatic N) is 3. The lowest BCUT2D eigenvalue weighted by Gasteiger charge is -2.18. The molecule has 1 N–H and O–H groups in total. The van der Waals surface area contributed by atoms with Gasteiger partial charge >= 0.3 is 6.01 Å². The Kier molecular flexibility index (Phi) is 5.90.